The Morgan fingerprint density at radius 1 is 1.05 bits per heavy atom. The van der Waals surface area contributed by atoms with Crippen molar-refractivity contribution in [3.8, 4) is 11.8 Å². The number of aliphatic hydroxyl groups excluding tert-OH is 2. The number of rotatable bonds is 7. The van der Waals surface area contributed by atoms with Gasteiger partial charge in [-0.25, -0.2) is 0 Å². The first-order chi connectivity index (χ1) is 19.2. The molecule has 1 unspecified atom stereocenters. The Morgan fingerprint density at radius 3 is 2.29 bits per heavy atom. The summed E-state index contributed by atoms with van der Waals surface area (Å²) in [6.07, 6.45) is -3.56. The molecule has 0 amide bonds. The molecule has 0 aliphatic heterocycles. The zero-order valence-electron chi connectivity index (χ0n) is 24.6. The molecule has 3 saturated carbocycles. The number of hydrogen-bond donors (Lipinski definition) is 4. The Morgan fingerprint density at radius 2 is 1.69 bits per heavy atom. The third-order valence-corrected chi connectivity index (χ3v) is 9.69. The number of fused-ring (bicyclic) bond motifs is 1. The van der Waals surface area contributed by atoms with Gasteiger partial charge in [-0.3, -0.25) is 0 Å². The maximum atomic E-state index is 13.2. The molecular formula is C32H44F6O4. The van der Waals surface area contributed by atoms with Crippen molar-refractivity contribution in [1.29, 1.82) is 0 Å². The molecule has 0 aromatic rings. The van der Waals surface area contributed by atoms with Gasteiger partial charge in [0.05, 0.1) is 17.8 Å². The van der Waals surface area contributed by atoms with Gasteiger partial charge in [-0.2, -0.15) is 26.3 Å². The normalized spacial score (nSPS) is 32.1. The Labute approximate surface area is 244 Å². The van der Waals surface area contributed by atoms with Gasteiger partial charge in [0.15, 0.2) is 0 Å². The van der Waals surface area contributed by atoms with Crippen LogP contribution in [0.4, 0.5) is 26.3 Å². The van der Waals surface area contributed by atoms with E-state index in [1.165, 1.54) is 5.57 Å². The Kier molecular flexibility index (Phi) is 10.5. The van der Waals surface area contributed by atoms with Crippen LogP contribution in [-0.2, 0) is 0 Å². The smallest absolute Gasteiger partial charge is 0.393 e. The van der Waals surface area contributed by atoms with E-state index in [0.717, 1.165) is 43.6 Å². The van der Waals surface area contributed by atoms with Crippen LogP contribution < -0.4 is 0 Å². The van der Waals surface area contributed by atoms with Crippen LogP contribution in [0.25, 0.3) is 0 Å². The highest BCUT2D eigenvalue weighted by Gasteiger charge is 2.70. The molecule has 238 valence electrons. The number of aliphatic hydroxyl groups is 4. The van der Waals surface area contributed by atoms with Crippen molar-refractivity contribution in [3.05, 3.63) is 35.5 Å². The van der Waals surface area contributed by atoms with Gasteiger partial charge >= 0.3 is 18.0 Å². The molecule has 42 heavy (non-hydrogen) atoms. The summed E-state index contributed by atoms with van der Waals surface area (Å²) < 4.78 is 79.3. The fourth-order valence-electron chi connectivity index (χ4n) is 7.37. The highest BCUT2D eigenvalue weighted by Crippen LogP contribution is 2.60. The first-order valence-electron chi connectivity index (χ1n) is 14.7. The minimum absolute atomic E-state index is 0.0203. The van der Waals surface area contributed by atoms with E-state index >= 15 is 0 Å². The molecular weight excluding hydrogens is 562 g/mol. The summed E-state index contributed by atoms with van der Waals surface area (Å²) in [6, 6.07) is 0. The van der Waals surface area contributed by atoms with Crippen molar-refractivity contribution in [2.24, 2.45) is 23.2 Å². The third-order valence-electron chi connectivity index (χ3n) is 9.69. The van der Waals surface area contributed by atoms with E-state index in [9.17, 15) is 46.8 Å². The van der Waals surface area contributed by atoms with Crippen molar-refractivity contribution in [3.63, 3.8) is 0 Å². The highest BCUT2D eigenvalue weighted by molar-refractivity contribution is 5.38. The third kappa shape index (κ3) is 7.64. The van der Waals surface area contributed by atoms with Gasteiger partial charge in [-0.05, 0) is 105 Å². The summed E-state index contributed by atoms with van der Waals surface area (Å²) >= 11 is 0. The molecule has 3 rings (SSSR count). The molecule has 4 N–H and O–H groups in total. The van der Waals surface area contributed by atoms with Gasteiger partial charge in [-0.15, -0.1) is 0 Å². The van der Waals surface area contributed by atoms with Crippen LogP contribution in [-0.4, -0.2) is 56.2 Å². The Bertz CT molecular complexity index is 1090. The summed E-state index contributed by atoms with van der Waals surface area (Å²) in [5.41, 5.74) is -3.75. The number of allylic oxidation sites excluding steroid dienone is 3. The number of hydrogen-bond acceptors (Lipinski definition) is 4. The van der Waals surface area contributed by atoms with E-state index < -0.39 is 35.8 Å². The quantitative estimate of drug-likeness (QED) is 0.187. The van der Waals surface area contributed by atoms with Gasteiger partial charge < -0.3 is 20.4 Å². The van der Waals surface area contributed by atoms with Gasteiger partial charge in [0.1, 0.15) is 0 Å². The van der Waals surface area contributed by atoms with Crippen LogP contribution in [0.15, 0.2) is 35.5 Å². The second-order valence-corrected chi connectivity index (χ2v) is 13.3. The van der Waals surface area contributed by atoms with Crippen molar-refractivity contribution >= 4 is 0 Å². The molecule has 0 saturated heterocycles. The standard InChI is InChI=1S/C32H44F6O4/c1-20-23(18-24(39)19-27(20)40)12-11-22-9-6-16-29(4)25(13-14-26(22)29)21(8-5-15-28(2,3)41)10-7-17-30(42,31(33,34)35)32(36,37)38/h11-12,21,24-27,39-42H,1,5-6,8-10,13-16,18-19H2,2-4H3/b22-11+,23-12-/t21-,24+,25+,26?,27-,29+/m0/s1. The average molecular weight is 607 g/mol. The molecule has 3 fully saturated rings. The van der Waals surface area contributed by atoms with Crippen LogP contribution in [0.3, 0.4) is 0 Å². The van der Waals surface area contributed by atoms with Crippen LogP contribution in [0.1, 0.15) is 91.4 Å². The van der Waals surface area contributed by atoms with Crippen LogP contribution in [0.2, 0.25) is 0 Å². The molecule has 0 spiro atoms. The maximum Gasteiger partial charge on any atom is 0.438 e. The first-order valence-corrected chi connectivity index (χ1v) is 14.7. The molecule has 0 radical (unpaired) electrons. The molecule has 0 aromatic carbocycles. The van der Waals surface area contributed by atoms with Crippen molar-refractivity contribution in [1.82, 2.24) is 0 Å². The minimum atomic E-state index is -5.99. The largest absolute Gasteiger partial charge is 0.438 e. The second kappa shape index (κ2) is 12.7. The van der Waals surface area contributed by atoms with E-state index in [1.54, 1.807) is 13.8 Å². The second-order valence-electron chi connectivity index (χ2n) is 13.3. The van der Waals surface area contributed by atoms with Gasteiger partial charge in [0.2, 0.25) is 0 Å². The van der Waals surface area contributed by atoms with Crippen LogP contribution >= 0.6 is 0 Å². The maximum absolute atomic E-state index is 13.2. The topological polar surface area (TPSA) is 80.9 Å². The van der Waals surface area contributed by atoms with Gasteiger partial charge in [0.25, 0.3) is 0 Å². The molecule has 10 heteroatoms. The molecule has 0 aromatic heterocycles. The van der Waals surface area contributed by atoms with Gasteiger partial charge in [-0.1, -0.05) is 43.6 Å². The van der Waals surface area contributed by atoms with Crippen molar-refractivity contribution in [2.75, 3.05) is 0 Å². The first kappa shape index (κ1) is 34.7. The lowest BCUT2D eigenvalue weighted by Crippen LogP contribution is -2.55. The van der Waals surface area contributed by atoms with E-state index in [2.05, 4.69) is 19.4 Å². The SMILES string of the molecule is C=C1/C(=C\C=C2/CCC[C@@]3(C)C2CC[C@@H]3[C@H](CC#CC(O)(C(F)(F)F)C(F)(F)F)CCCC(C)(C)O)C[C@@H](O)C[C@@H]1O. The molecule has 4 nitrogen and oxygen atoms in total. The van der Waals surface area contributed by atoms with E-state index in [4.69, 9.17) is 0 Å². The van der Waals surface area contributed by atoms with Crippen LogP contribution in [0.5, 0.6) is 0 Å². The summed E-state index contributed by atoms with van der Waals surface area (Å²) in [4.78, 5) is 0. The van der Waals surface area contributed by atoms with E-state index in [1.807, 2.05) is 12.2 Å². The number of halogens is 6. The average Bonchev–Trinajstić information content (AvgIpc) is 3.19. The predicted molar refractivity (Wildman–Crippen MR) is 148 cm³/mol. The number of alkyl halides is 6. The molecule has 3 aliphatic carbocycles. The fourth-order valence-corrected chi connectivity index (χ4v) is 7.37. The monoisotopic (exact) mass is 606 g/mol. The van der Waals surface area contributed by atoms with E-state index in [0.29, 0.717) is 31.3 Å². The molecule has 0 heterocycles. The highest BCUT2D eigenvalue weighted by atomic mass is 19.4. The molecule has 0 bridgehead atoms. The zero-order chi connectivity index (χ0) is 31.7. The predicted octanol–water partition coefficient (Wildman–Crippen LogP) is 6.93. The summed E-state index contributed by atoms with van der Waals surface area (Å²) in [6.45, 7) is 9.40. The Hall–Kier alpha value is -1.80. The van der Waals surface area contributed by atoms with Crippen molar-refractivity contribution in [2.45, 2.75) is 127 Å². The summed E-state index contributed by atoms with van der Waals surface area (Å²) in [5.74, 6) is 3.04. The molecule has 3 aliphatic rings. The fraction of sp³-hybridized carbons (Fsp3) is 0.750. The van der Waals surface area contributed by atoms with Gasteiger partial charge in [0, 0.05) is 12.8 Å². The zero-order valence-corrected chi connectivity index (χ0v) is 24.6. The lowest BCUT2D eigenvalue weighted by atomic mass is 9.60. The van der Waals surface area contributed by atoms with Crippen molar-refractivity contribution < 1.29 is 46.8 Å². The Balaban J connectivity index is 1.89. The summed E-state index contributed by atoms with van der Waals surface area (Å²) in [5, 5.41) is 40.0. The lowest BCUT2D eigenvalue weighted by molar-refractivity contribution is -0.343. The summed E-state index contributed by atoms with van der Waals surface area (Å²) in [7, 11) is 0. The van der Waals surface area contributed by atoms with E-state index in [-0.39, 0.29) is 36.0 Å². The van der Waals surface area contributed by atoms with Crippen LogP contribution in [0, 0.1) is 35.0 Å². The molecule has 6 atom stereocenters. The minimum Gasteiger partial charge on any atom is -0.393 e. The lowest BCUT2D eigenvalue weighted by Gasteiger charge is -2.45.